The number of imidazole rings is 1. The number of aromatic amines is 1. The molecular formula is C14H22N6O5S. The van der Waals surface area contributed by atoms with Crippen molar-refractivity contribution in [2.75, 3.05) is 12.3 Å². The molecule has 1 rings (SSSR count). The molecule has 0 aromatic carbocycles. The third kappa shape index (κ3) is 7.11. The van der Waals surface area contributed by atoms with Gasteiger partial charge in [0.1, 0.15) is 18.6 Å². The summed E-state index contributed by atoms with van der Waals surface area (Å²) in [4.78, 5) is 53.0. The second-order valence-corrected chi connectivity index (χ2v) is 5.84. The molecule has 1 heterocycles. The minimum Gasteiger partial charge on any atom is -0.480 e. The number of thiol groups is 1. The lowest BCUT2D eigenvalue weighted by Crippen LogP contribution is -2.56. The van der Waals surface area contributed by atoms with Gasteiger partial charge in [-0.3, -0.25) is 19.2 Å². The Morgan fingerprint density at radius 2 is 1.96 bits per heavy atom. The average Bonchev–Trinajstić information content (AvgIpc) is 3.09. The van der Waals surface area contributed by atoms with Crippen LogP contribution in [0.15, 0.2) is 12.5 Å². The molecule has 0 aliphatic carbocycles. The number of nitrogens with one attached hydrogen (secondary N) is 4. The van der Waals surface area contributed by atoms with Crippen LogP contribution in [0.4, 0.5) is 0 Å². The lowest BCUT2D eigenvalue weighted by atomic mass is 10.1. The van der Waals surface area contributed by atoms with Crippen molar-refractivity contribution in [2.24, 2.45) is 5.73 Å². The van der Waals surface area contributed by atoms with E-state index in [4.69, 9.17) is 10.8 Å². The van der Waals surface area contributed by atoms with Gasteiger partial charge in [0.15, 0.2) is 0 Å². The van der Waals surface area contributed by atoms with Crippen LogP contribution in [0.25, 0.3) is 0 Å². The third-order valence-corrected chi connectivity index (χ3v) is 3.68. The van der Waals surface area contributed by atoms with Gasteiger partial charge in [-0.2, -0.15) is 12.6 Å². The molecule has 0 aliphatic heterocycles. The van der Waals surface area contributed by atoms with E-state index in [0.717, 1.165) is 0 Å². The predicted molar refractivity (Wildman–Crippen MR) is 94.3 cm³/mol. The summed E-state index contributed by atoms with van der Waals surface area (Å²) in [6.07, 6.45) is 3.20. The van der Waals surface area contributed by atoms with Crippen LogP contribution in [0.5, 0.6) is 0 Å². The van der Waals surface area contributed by atoms with Gasteiger partial charge < -0.3 is 31.8 Å². The van der Waals surface area contributed by atoms with Gasteiger partial charge in [-0.25, -0.2) is 4.98 Å². The molecule has 0 bridgehead atoms. The van der Waals surface area contributed by atoms with Crippen molar-refractivity contribution >= 4 is 36.3 Å². The maximum atomic E-state index is 12.2. The zero-order valence-corrected chi connectivity index (χ0v) is 15.0. The van der Waals surface area contributed by atoms with Crippen molar-refractivity contribution in [3.63, 3.8) is 0 Å². The van der Waals surface area contributed by atoms with Crippen molar-refractivity contribution < 1.29 is 24.3 Å². The Morgan fingerprint density at radius 3 is 2.50 bits per heavy atom. The second-order valence-electron chi connectivity index (χ2n) is 5.47. The Hall–Kier alpha value is -2.60. The highest BCUT2D eigenvalue weighted by Crippen LogP contribution is 1.98. The van der Waals surface area contributed by atoms with E-state index in [1.165, 1.54) is 19.4 Å². The van der Waals surface area contributed by atoms with Crippen LogP contribution in [0.3, 0.4) is 0 Å². The molecule has 7 N–H and O–H groups in total. The molecular weight excluding hydrogens is 364 g/mol. The maximum absolute atomic E-state index is 12.2. The highest BCUT2D eigenvalue weighted by Gasteiger charge is 2.25. The number of carbonyl (C=O) groups excluding carboxylic acids is 3. The molecule has 26 heavy (non-hydrogen) atoms. The molecule has 0 spiro atoms. The van der Waals surface area contributed by atoms with E-state index in [1.807, 2.05) is 0 Å². The van der Waals surface area contributed by atoms with E-state index in [0.29, 0.717) is 5.69 Å². The number of aliphatic carboxylic acids is 1. The minimum absolute atomic E-state index is 0.0161. The summed E-state index contributed by atoms with van der Waals surface area (Å²) in [7, 11) is 0. The number of amides is 3. The third-order valence-electron chi connectivity index (χ3n) is 3.31. The van der Waals surface area contributed by atoms with Gasteiger partial charge in [0, 0.05) is 24.1 Å². The van der Waals surface area contributed by atoms with Gasteiger partial charge in [0.2, 0.25) is 17.7 Å². The van der Waals surface area contributed by atoms with Crippen LogP contribution >= 0.6 is 12.6 Å². The molecule has 144 valence electrons. The molecule has 12 heteroatoms. The highest BCUT2D eigenvalue weighted by molar-refractivity contribution is 7.80. The first-order valence-electron chi connectivity index (χ1n) is 7.68. The van der Waals surface area contributed by atoms with Crippen molar-refractivity contribution in [2.45, 2.75) is 31.5 Å². The number of hydrogen-bond acceptors (Lipinski definition) is 7. The molecule has 1 aromatic rings. The quantitative estimate of drug-likeness (QED) is 0.215. The number of H-pyrrole nitrogens is 1. The Labute approximate surface area is 154 Å². The number of nitrogens with zero attached hydrogens (tertiary/aromatic N) is 1. The number of nitrogens with two attached hydrogens (primary N) is 1. The Balaban J connectivity index is 2.52. The van der Waals surface area contributed by atoms with E-state index >= 15 is 0 Å². The van der Waals surface area contributed by atoms with E-state index in [2.05, 4.69) is 38.5 Å². The highest BCUT2D eigenvalue weighted by atomic mass is 32.1. The molecule has 11 nitrogen and oxygen atoms in total. The first-order chi connectivity index (χ1) is 12.2. The molecule has 0 radical (unpaired) electrons. The lowest BCUT2D eigenvalue weighted by Gasteiger charge is -2.21. The van der Waals surface area contributed by atoms with Gasteiger partial charge in [0.25, 0.3) is 0 Å². The van der Waals surface area contributed by atoms with Crippen molar-refractivity contribution in [3.8, 4) is 0 Å². The average molecular weight is 386 g/mol. The first-order valence-corrected chi connectivity index (χ1v) is 8.31. The number of carboxylic acid groups (broad SMARTS) is 1. The van der Waals surface area contributed by atoms with Crippen molar-refractivity contribution in [3.05, 3.63) is 18.2 Å². The van der Waals surface area contributed by atoms with E-state index in [9.17, 15) is 19.2 Å². The summed E-state index contributed by atoms with van der Waals surface area (Å²) in [5.74, 6) is -3.08. The molecule has 3 atom stereocenters. The summed E-state index contributed by atoms with van der Waals surface area (Å²) in [6.45, 7) is 0.824. The SMILES string of the molecule is CC(NC(=O)C(CS)NC(=O)C(N)Cc1cnc[nH]1)C(=O)NCC(=O)O. The fourth-order valence-corrected chi connectivity index (χ4v) is 2.15. The standard InChI is InChI=1S/C14H22N6O5S/c1-7(12(23)17-4-11(21)22)19-14(25)10(5-26)20-13(24)9(15)2-8-3-16-6-18-8/h3,6-7,9-10,26H,2,4-5,15H2,1H3,(H,16,18)(H,17,23)(H,19,25)(H,20,24)(H,21,22). The Bertz CT molecular complexity index is 638. The summed E-state index contributed by atoms with van der Waals surface area (Å²) >= 11 is 4.02. The van der Waals surface area contributed by atoms with Gasteiger partial charge in [-0.15, -0.1) is 0 Å². The van der Waals surface area contributed by atoms with Gasteiger partial charge >= 0.3 is 5.97 Å². The molecule has 0 saturated heterocycles. The van der Waals surface area contributed by atoms with Crippen LogP contribution in [0.2, 0.25) is 0 Å². The zero-order chi connectivity index (χ0) is 19.7. The van der Waals surface area contributed by atoms with Crippen LogP contribution in [0, 0.1) is 0 Å². The van der Waals surface area contributed by atoms with Gasteiger partial charge in [0.05, 0.1) is 12.4 Å². The topological polar surface area (TPSA) is 179 Å². The Morgan fingerprint density at radius 1 is 1.27 bits per heavy atom. The number of rotatable bonds is 10. The van der Waals surface area contributed by atoms with Gasteiger partial charge in [-0.05, 0) is 6.92 Å². The first kappa shape index (κ1) is 21.4. The maximum Gasteiger partial charge on any atom is 0.322 e. The van der Waals surface area contributed by atoms with Crippen molar-refractivity contribution in [1.29, 1.82) is 0 Å². The molecule has 0 saturated carbocycles. The number of carboxylic acids is 1. The summed E-state index contributed by atoms with van der Waals surface area (Å²) in [5, 5.41) is 15.5. The smallest absolute Gasteiger partial charge is 0.322 e. The van der Waals surface area contributed by atoms with Crippen LogP contribution in [0.1, 0.15) is 12.6 Å². The van der Waals surface area contributed by atoms with Crippen molar-refractivity contribution in [1.82, 2.24) is 25.9 Å². The predicted octanol–water partition coefficient (Wildman–Crippen LogP) is -2.60. The number of hydrogen-bond donors (Lipinski definition) is 7. The number of aromatic nitrogens is 2. The van der Waals surface area contributed by atoms with E-state index in [-0.39, 0.29) is 12.2 Å². The Kier molecular flexibility index (Phi) is 8.58. The summed E-state index contributed by atoms with van der Waals surface area (Å²) < 4.78 is 0. The van der Waals surface area contributed by atoms with Crippen LogP contribution < -0.4 is 21.7 Å². The van der Waals surface area contributed by atoms with E-state index in [1.54, 1.807) is 0 Å². The molecule has 0 fully saturated rings. The fraction of sp³-hybridized carbons (Fsp3) is 0.500. The molecule has 1 aromatic heterocycles. The lowest BCUT2D eigenvalue weighted by molar-refractivity contribution is -0.138. The summed E-state index contributed by atoms with van der Waals surface area (Å²) in [6, 6.07) is -2.89. The van der Waals surface area contributed by atoms with Crippen LogP contribution in [-0.4, -0.2) is 69.2 Å². The minimum atomic E-state index is -1.20. The second kappa shape index (κ2) is 10.4. The zero-order valence-electron chi connectivity index (χ0n) is 14.1. The van der Waals surface area contributed by atoms with Gasteiger partial charge in [-0.1, -0.05) is 0 Å². The largest absolute Gasteiger partial charge is 0.480 e. The normalized spacial score (nSPS) is 14.0. The fourth-order valence-electron chi connectivity index (χ4n) is 1.89. The molecule has 0 aliphatic rings. The number of carbonyl (C=O) groups is 4. The van der Waals surface area contributed by atoms with Crippen LogP contribution in [-0.2, 0) is 25.6 Å². The van der Waals surface area contributed by atoms with E-state index < -0.39 is 48.4 Å². The summed E-state index contributed by atoms with van der Waals surface area (Å²) in [5.41, 5.74) is 6.46. The molecule has 3 amide bonds. The molecule has 3 unspecified atom stereocenters. The monoisotopic (exact) mass is 386 g/mol.